The summed E-state index contributed by atoms with van der Waals surface area (Å²) < 4.78 is 0. The topological polar surface area (TPSA) is 61.4 Å². The van der Waals surface area contributed by atoms with Crippen LogP contribution in [-0.2, 0) is 4.79 Å². The van der Waals surface area contributed by atoms with E-state index in [1.54, 1.807) is 0 Å². The molecule has 2 aliphatic heterocycles. The first-order valence-corrected chi connectivity index (χ1v) is 9.85. The predicted molar refractivity (Wildman–Crippen MR) is 110 cm³/mol. The second-order valence-corrected chi connectivity index (χ2v) is 8.18. The summed E-state index contributed by atoms with van der Waals surface area (Å²) in [5.74, 6) is 0.245. The fraction of sp³-hybridized carbons (Fsp3) is 0.619. The van der Waals surface area contributed by atoms with Crippen LogP contribution in [0.4, 0.5) is 0 Å². The Morgan fingerprint density at radius 3 is 2.59 bits per heavy atom. The van der Waals surface area contributed by atoms with Crippen molar-refractivity contribution in [2.24, 2.45) is 5.92 Å². The van der Waals surface area contributed by atoms with Crippen molar-refractivity contribution < 1.29 is 9.59 Å². The van der Waals surface area contributed by atoms with E-state index in [2.05, 4.69) is 24.5 Å². The molecule has 2 N–H and O–H groups in total. The van der Waals surface area contributed by atoms with Crippen LogP contribution in [0.2, 0.25) is 0 Å². The quantitative estimate of drug-likeness (QED) is 0.808. The van der Waals surface area contributed by atoms with E-state index in [1.807, 2.05) is 36.1 Å². The fourth-order valence-electron chi connectivity index (χ4n) is 4.12. The van der Waals surface area contributed by atoms with E-state index in [1.165, 1.54) is 6.42 Å². The number of nitrogens with zero attached hydrogens (tertiary/aromatic N) is 1. The molecule has 150 valence electrons. The summed E-state index contributed by atoms with van der Waals surface area (Å²) in [6.07, 6.45) is 4.02. The smallest absolute Gasteiger partial charge is 0.252 e. The predicted octanol–water partition coefficient (Wildman–Crippen LogP) is 2.91. The Morgan fingerprint density at radius 2 is 1.89 bits per heavy atom. The SMILES string of the molecule is Cc1ccccc1C(=O)NC(CC(C)C)C(=O)N1CCC2CCC(C1)N2.Cl. The minimum Gasteiger partial charge on any atom is -0.340 e. The molecule has 5 nitrogen and oxygen atoms in total. The molecule has 1 aromatic rings. The van der Waals surface area contributed by atoms with Gasteiger partial charge in [0.1, 0.15) is 6.04 Å². The number of hydrogen-bond donors (Lipinski definition) is 2. The average Bonchev–Trinajstić information content (AvgIpc) is 2.92. The fourth-order valence-corrected chi connectivity index (χ4v) is 4.12. The van der Waals surface area contributed by atoms with Crippen LogP contribution < -0.4 is 10.6 Å². The van der Waals surface area contributed by atoms with Gasteiger partial charge in [-0.15, -0.1) is 12.4 Å². The number of carbonyl (C=O) groups is 2. The van der Waals surface area contributed by atoms with Gasteiger partial charge in [0, 0.05) is 30.7 Å². The molecule has 2 amide bonds. The van der Waals surface area contributed by atoms with E-state index in [0.29, 0.717) is 30.0 Å². The minimum atomic E-state index is -0.460. The van der Waals surface area contributed by atoms with Crippen molar-refractivity contribution in [3.63, 3.8) is 0 Å². The average molecular weight is 394 g/mol. The molecule has 2 fully saturated rings. The summed E-state index contributed by atoms with van der Waals surface area (Å²) in [4.78, 5) is 27.9. The molecule has 0 aromatic heterocycles. The lowest BCUT2D eigenvalue weighted by Crippen LogP contribution is -2.51. The van der Waals surface area contributed by atoms with Crippen molar-refractivity contribution in [1.29, 1.82) is 0 Å². The van der Waals surface area contributed by atoms with Crippen LogP contribution in [0.25, 0.3) is 0 Å². The van der Waals surface area contributed by atoms with E-state index < -0.39 is 6.04 Å². The highest BCUT2D eigenvalue weighted by Gasteiger charge is 2.34. The molecule has 6 heteroatoms. The third kappa shape index (κ3) is 5.45. The number of amides is 2. The van der Waals surface area contributed by atoms with Crippen LogP contribution in [0.1, 0.15) is 55.5 Å². The summed E-state index contributed by atoms with van der Waals surface area (Å²) in [6, 6.07) is 8.00. The van der Waals surface area contributed by atoms with Gasteiger partial charge in [-0.2, -0.15) is 0 Å². The van der Waals surface area contributed by atoms with Gasteiger partial charge in [0.05, 0.1) is 0 Å². The first kappa shape index (κ1) is 21.7. The van der Waals surface area contributed by atoms with Crippen LogP contribution in [0.5, 0.6) is 0 Å². The molecular formula is C21H32ClN3O2. The summed E-state index contributed by atoms with van der Waals surface area (Å²) in [6.45, 7) is 7.63. The Bertz CT molecular complexity index is 665. The molecule has 2 aliphatic rings. The van der Waals surface area contributed by atoms with Crippen LogP contribution in [0.15, 0.2) is 24.3 Å². The standard InChI is InChI=1S/C21H31N3O2.ClH/c1-14(2)12-19(23-20(25)18-7-5-4-6-15(18)3)21(26)24-11-10-16-8-9-17(13-24)22-16;/h4-7,14,16-17,19,22H,8-13H2,1-3H3,(H,23,25);1H. The van der Waals surface area contributed by atoms with E-state index in [9.17, 15) is 9.59 Å². The number of carbonyl (C=O) groups excluding carboxylic acids is 2. The lowest BCUT2D eigenvalue weighted by Gasteiger charge is -2.30. The van der Waals surface area contributed by atoms with Crippen LogP contribution in [-0.4, -0.2) is 47.9 Å². The Kier molecular flexibility index (Phi) is 7.68. The van der Waals surface area contributed by atoms with Gasteiger partial charge in [-0.3, -0.25) is 9.59 Å². The Labute approximate surface area is 168 Å². The molecule has 2 bridgehead atoms. The molecular weight excluding hydrogens is 362 g/mol. The third-order valence-electron chi connectivity index (χ3n) is 5.54. The number of benzene rings is 1. The highest BCUT2D eigenvalue weighted by molar-refractivity contribution is 5.98. The van der Waals surface area contributed by atoms with Gasteiger partial charge >= 0.3 is 0 Å². The molecule has 2 saturated heterocycles. The molecule has 27 heavy (non-hydrogen) atoms. The minimum absolute atomic E-state index is 0. The second-order valence-electron chi connectivity index (χ2n) is 8.18. The number of aryl methyl sites for hydroxylation is 1. The van der Waals surface area contributed by atoms with Crippen molar-refractivity contribution in [3.05, 3.63) is 35.4 Å². The maximum Gasteiger partial charge on any atom is 0.252 e. The van der Waals surface area contributed by atoms with E-state index in [0.717, 1.165) is 31.5 Å². The van der Waals surface area contributed by atoms with Crippen molar-refractivity contribution in [1.82, 2.24) is 15.5 Å². The normalized spacial score (nSPS) is 22.7. The first-order chi connectivity index (χ1) is 12.4. The lowest BCUT2D eigenvalue weighted by molar-refractivity contribution is -0.133. The largest absolute Gasteiger partial charge is 0.340 e. The van der Waals surface area contributed by atoms with Crippen LogP contribution in [0.3, 0.4) is 0 Å². The highest BCUT2D eigenvalue weighted by atomic mass is 35.5. The summed E-state index contributed by atoms with van der Waals surface area (Å²) in [7, 11) is 0. The zero-order valence-corrected chi connectivity index (χ0v) is 17.3. The van der Waals surface area contributed by atoms with Crippen molar-refractivity contribution in [2.45, 2.75) is 64.6 Å². The molecule has 3 rings (SSSR count). The number of halogens is 1. The van der Waals surface area contributed by atoms with Crippen molar-refractivity contribution in [2.75, 3.05) is 13.1 Å². The molecule has 3 unspecified atom stereocenters. The summed E-state index contributed by atoms with van der Waals surface area (Å²) in [5, 5.41) is 6.63. The highest BCUT2D eigenvalue weighted by Crippen LogP contribution is 2.21. The zero-order valence-electron chi connectivity index (χ0n) is 16.5. The van der Waals surface area contributed by atoms with Crippen molar-refractivity contribution in [3.8, 4) is 0 Å². The van der Waals surface area contributed by atoms with Gasteiger partial charge in [-0.1, -0.05) is 32.0 Å². The van der Waals surface area contributed by atoms with Crippen LogP contribution >= 0.6 is 12.4 Å². The number of hydrogen-bond acceptors (Lipinski definition) is 3. The number of rotatable bonds is 5. The molecule has 0 aliphatic carbocycles. The molecule has 0 saturated carbocycles. The number of fused-ring (bicyclic) bond motifs is 2. The molecule has 2 heterocycles. The zero-order chi connectivity index (χ0) is 18.7. The summed E-state index contributed by atoms with van der Waals surface area (Å²) >= 11 is 0. The first-order valence-electron chi connectivity index (χ1n) is 9.85. The molecule has 1 aromatic carbocycles. The molecule has 0 spiro atoms. The van der Waals surface area contributed by atoms with Crippen molar-refractivity contribution >= 4 is 24.2 Å². The molecule has 3 atom stereocenters. The van der Waals surface area contributed by atoms with Gasteiger partial charge in [-0.25, -0.2) is 0 Å². The number of nitrogens with one attached hydrogen (secondary N) is 2. The Morgan fingerprint density at radius 1 is 1.19 bits per heavy atom. The Balaban J connectivity index is 0.00000261. The Hall–Kier alpha value is -1.59. The monoisotopic (exact) mass is 393 g/mol. The third-order valence-corrected chi connectivity index (χ3v) is 5.54. The van der Waals surface area contributed by atoms with E-state index >= 15 is 0 Å². The second kappa shape index (κ2) is 9.56. The number of likely N-dealkylation sites (tertiary alicyclic amines) is 1. The van der Waals surface area contributed by atoms with E-state index in [-0.39, 0.29) is 24.2 Å². The van der Waals surface area contributed by atoms with Gasteiger partial charge in [0.15, 0.2) is 0 Å². The van der Waals surface area contributed by atoms with Crippen LogP contribution in [0, 0.1) is 12.8 Å². The van der Waals surface area contributed by atoms with Gasteiger partial charge in [0.25, 0.3) is 5.91 Å². The van der Waals surface area contributed by atoms with Gasteiger partial charge in [0.2, 0.25) is 5.91 Å². The van der Waals surface area contributed by atoms with Gasteiger partial charge in [-0.05, 0) is 50.2 Å². The van der Waals surface area contributed by atoms with E-state index in [4.69, 9.17) is 0 Å². The lowest BCUT2D eigenvalue weighted by atomic mass is 10.00. The maximum atomic E-state index is 13.2. The molecule has 0 radical (unpaired) electrons. The maximum absolute atomic E-state index is 13.2. The van der Waals surface area contributed by atoms with Gasteiger partial charge < -0.3 is 15.5 Å². The summed E-state index contributed by atoms with van der Waals surface area (Å²) in [5.41, 5.74) is 1.57.